The largest absolute Gasteiger partial charge is 0.469 e. The summed E-state index contributed by atoms with van der Waals surface area (Å²) < 4.78 is 4.72. The lowest BCUT2D eigenvalue weighted by atomic mass is 9.85. The Morgan fingerprint density at radius 3 is 2.54 bits per heavy atom. The molecule has 2 aliphatic heterocycles. The van der Waals surface area contributed by atoms with Gasteiger partial charge in [-0.15, -0.1) is 12.4 Å². The molecule has 2 aliphatic rings. The van der Waals surface area contributed by atoms with Crippen LogP contribution in [0.2, 0.25) is 0 Å². The Labute approximate surface area is 171 Å². The van der Waals surface area contributed by atoms with Gasteiger partial charge in [-0.2, -0.15) is 0 Å². The zero-order valence-electron chi connectivity index (χ0n) is 16.1. The number of ether oxygens (including phenoxy) is 1. The van der Waals surface area contributed by atoms with Crippen molar-refractivity contribution in [2.75, 3.05) is 26.7 Å². The minimum Gasteiger partial charge on any atom is -0.469 e. The van der Waals surface area contributed by atoms with E-state index in [1.54, 1.807) is 0 Å². The third-order valence-electron chi connectivity index (χ3n) is 5.59. The quantitative estimate of drug-likeness (QED) is 0.532. The van der Waals surface area contributed by atoms with Gasteiger partial charge >= 0.3 is 12.0 Å². The maximum absolute atomic E-state index is 13.3. The molecule has 3 rings (SSSR count). The van der Waals surface area contributed by atoms with Gasteiger partial charge in [0, 0.05) is 13.0 Å². The molecule has 1 unspecified atom stereocenters. The van der Waals surface area contributed by atoms with Gasteiger partial charge in [-0.1, -0.05) is 30.3 Å². The highest BCUT2D eigenvalue weighted by molar-refractivity contribution is 6.07. The van der Waals surface area contributed by atoms with Crippen LogP contribution in [0.1, 0.15) is 37.7 Å². The first-order valence-electron chi connectivity index (χ1n) is 9.54. The molecule has 1 aromatic carbocycles. The molecule has 0 saturated carbocycles. The van der Waals surface area contributed by atoms with Crippen molar-refractivity contribution >= 4 is 30.3 Å². The molecular weight excluding hydrogens is 382 g/mol. The van der Waals surface area contributed by atoms with Gasteiger partial charge in [0.1, 0.15) is 5.54 Å². The van der Waals surface area contributed by atoms with Gasteiger partial charge in [-0.05, 0) is 50.3 Å². The van der Waals surface area contributed by atoms with Crippen LogP contribution in [0, 0.1) is 5.92 Å². The number of benzene rings is 1. The number of hydrogen-bond donors (Lipinski definition) is 2. The van der Waals surface area contributed by atoms with Gasteiger partial charge in [0.05, 0.1) is 7.11 Å². The Balaban J connectivity index is 0.00000280. The first-order valence-corrected chi connectivity index (χ1v) is 9.54. The molecule has 3 amide bonds. The second-order valence-electron chi connectivity index (χ2n) is 7.22. The van der Waals surface area contributed by atoms with Crippen molar-refractivity contribution in [2.45, 2.75) is 37.6 Å². The lowest BCUT2D eigenvalue weighted by Crippen LogP contribution is -2.44. The van der Waals surface area contributed by atoms with E-state index in [4.69, 9.17) is 4.74 Å². The van der Waals surface area contributed by atoms with E-state index >= 15 is 0 Å². The number of carbonyl (C=O) groups excluding carboxylic acids is 3. The average molecular weight is 410 g/mol. The Bertz CT molecular complexity index is 694. The summed E-state index contributed by atoms with van der Waals surface area (Å²) in [5, 5.41) is 6.19. The maximum atomic E-state index is 13.3. The average Bonchev–Trinajstić information content (AvgIpc) is 2.96. The summed E-state index contributed by atoms with van der Waals surface area (Å²) in [6.07, 6.45) is 3.17. The SMILES string of the molecule is COC(=O)CCC1(c2ccccc2)NC(=O)N(CCC2CCNCC2)C1=O.Cl. The third-order valence-corrected chi connectivity index (χ3v) is 5.59. The van der Waals surface area contributed by atoms with E-state index in [9.17, 15) is 14.4 Å². The number of amides is 3. The van der Waals surface area contributed by atoms with E-state index in [1.807, 2.05) is 30.3 Å². The fraction of sp³-hybridized carbons (Fsp3) is 0.550. The van der Waals surface area contributed by atoms with Gasteiger partial charge in [0.2, 0.25) is 0 Å². The number of imide groups is 1. The lowest BCUT2D eigenvalue weighted by Gasteiger charge is -2.27. The molecule has 8 heteroatoms. The molecule has 0 aliphatic carbocycles. The number of rotatable bonds is 7. The summed E-state index contributed by atoms with van der Waals surface area (Å²) in [5.74, 6) is -0.161. The van der Waals surface area contributed by atoms with Gasteiger partial charge in [0.15, 0.2) is 0 Å². The molecule has 0 spiro atoms. The zero-order chi connectivity index (χ0) is 19.3. The van der Waals surface area contributed by atoms with Gasteiger partial charge < -0.3 is 15.4 Å². The number of esters is 1. The Morgan fingerprint density at radius 2 is 1.89 bits per heavy atom. The normalized spacial score (nSPS) is 22.5. The smallest absolute Gasteiger partial charge is 0.325 e. The predicted molar refractivity (Wildman–Crippen MR) is 107 cm³/mol. The summed E-state index contributed by atoms with van der Waals surface area (Å²) in [6.45, 7) is 2.37. The van der Waals surface area contributed by atoms with Crippen molar-refractivity contribution < 1.29 is 19.1 Å². The van der Waals surface area contributed by atoms with Crippen molar-refractivity contribution in [1.29, 1.82) is 0 Å². The molecule has 1 aromatic rings. The highest BCUT2D eigenvalue weighted by Crippen LogP contribution is 2.34. The monoisotopic (exact) mass is 409 g/mol. The standard InChI is InChI=1S/C20H27N3O4.ClH/c1-27-17(24)7-11-20(16-5-3-2-4-6-16)18(25)23(19(26)22-20)14-10-15-8-12-21-13-9-15;/h2-6,15,21H,7-14H2,1H3,(H,22,26);1H. The van der Waals surface area contributed by atoms with Crippen LogP contribution in [0.25, 0.3) is 0 Å². The van der Waals surface area contributed by atoms with Crippen LogP contribution in [0.3, 0.4) is 0 Å². The van der Waals surface area contributed by atoms with Crippen LogP contribution in [-0.2, 0) is 19.9 Å². The zero-order valence-corrected chi connectivity index (χ0v) is 16.9. The van der Waals surface area contributed by atoms with Crippen LogP contribution in [-0.4, -0.2) is 49.6 Å². The molecule has 154 valence electrons. The summed E-state index contributed by atoms with van der Waals surface area (Å²) in [5.41, 5.74) is -0.516. The molecule has 0 radical (unpaired) electrons. The van der Waals surface area contributed by atoms with Crippen LogP contribution in [0.15, 0.2) is 30.3 Å². The summed E-state index contributed by atoms with van der Waals surface area (Å²) in [7, 11) is 1.32. The van der Waals surface area contributed by atoms with Crippen LogP contribution >= 0.6 is 12.4 Å². The maximum Gasteiger partial charge on any atom is 0.325 e. The Morgan fingerprint density at radius 1 is 1.21 bits per heavy atom. The number of hydrogen-bond acceptors (Lipinski definition) is 5. The summed E-state index contributed by atoms with van der Waals surface area (Å²) >= 11 is 0. The molecule has 2 N–H and O–H groups in total. The number of halogens is 1. The van der Waals surface area contributed by atoms with Crippen molar-refractivity contribution in [3.05, 3.63) is 35.9 Å². The molecular formula is C20H28ClN3O4. The Hall–Kier alpha value is -2.12. The molecule has 0 bridgehead atoms. The fourth-order valence-electron chi connectivity index (χ4n) is 3.93. The van der Waals surface area contributed by atoms with Gasteiger partial charge in [-0.3, -0.25) is 14.5 Å². The minimum absolute atomic E-state index is 0. The van der Waals surface area contributed by atoms with Crippen LogP contribution in [0.4, 0.5) is 4.79 Å². The lowest BCUT2D eigenvalue weighted by molar-refractivity contribution is -0.141. The molecule has 2 saturated heterocycles. The number of nitrogens with one attached hydrogen (secondary N) is 2. The molecule has 1 atom stereocenters. The third kappa shape index (κ3) is 4.64. The first kappa shape index (κ1) is 22.2. The second kappa shape index (κ2) is 9.89. The van der Waals surface area contributed by atoms with E-state index in [2.05, 4.69) is 10.6 Å². The Kier molecular flexibility index (Phi) is 7.83. The van der Waals surface area contributed by atoms with Crippen LogP contribution < -0.4 is 10.6 Å². The van der Waals surface area contributed by atoms with E-state index in [0.29, 0.717) is 18.0 Å². The highest BCUT2D eigenvalue weighted by atomic mass is 35.5. The van der Waals surface area contributed by atoms with Crippen molar-refractivity contribution in [1.82, 2.24) is 15.5 Å². The van der Waals surface area contributed by atoms with E-state index in [-0.39, 0.29) is 37.2 Å². The molecule has 28 heavy (non-hydrogen) atoms. The van der Waals surface area contributed by atoms with Gasteiger partial charge in [-0.25, -0.2) is 4.79 Å². The fourth-order valence-corrected chi connectivity index (χ4v) is 3.93. The molecule has 2 fully saturated rings. The number of carbonyl (C=O) groups is 3. The van der Waals surface area contributed by atoms with Crippen molar-refractivity contribution in [3.8, 4) is 0 Å². The van der Waals surface area contributed by atoms with Crippen molar-refractivity contribution in [3.63, 3.8) is 0 Å². The number of urea groups is 1. The van der Waals surface area contributed by atoms with E-state index in [0.717, 1.165) is 32.4 Å². The van der Waals surface area contributed by atoms with Crippen LogP contribution in [0.5, 0.6) is 0 Å². The first-order chi connectivity index (χ1) is 13.1. The predicted octanol–water partition coefficient (Wildman–Crippen LogP) is 2.20. The number of methoxy groups -OCH3 is 1. The minimum atomic E-state index is -1.21. The molecule has 0 aromatic heterocycles. The number of piperidine rings is 1. The van der Waals surface area contributed by atoms with E-state index < -0.39 is 11.5 Å². The second-order valence-corrected chi connectivity index (χ2v) is 7.22. The van der Waals surface area contributed by atoms with Crippen molar-refractivity contribution in [2.24, 2.45) is 5.92 Å². The van der Waals surface area contributed by atoms with Gasteiger partial charge in [0.25, 0.3) is 5.91 Å². The molecule has 7 nitrogen and oxygen atoms in total. The topological polar surface area (TPSA) is 87.7 Å². The highest BCUT2D eigenvalue weighted by Gasteiger charge is 2.52. The summed E-state index contributed by atoms with van der Waals surface area (Å²) in [6, 6.07) is 8.74. The van der Waals surface area contributed by atoms with E-state index in [1.165, 1.54) is 12.0 Å². The number of nitrogens with zero attached hydrogens (tertiary/aromatic N) is 1. The summed E-state index contributed by atoms with van der Waals surface area (Å²) in [4.78, 5) is 38.9. The molecule has 2 heterocycles.